The molecule has 0 aliphatic heterocycles. The average Bonchev–Trinajstić information content (AvgIpc) is 3.03. The van der Waals surface area contributed by atoms with Crippen LogP contribution in [-0.4, -0.2) is 54.7 Å². The number of carboxylic acids is 1. The van der Waals surface area contributed by atoms with Crippen LogP contribution in [0.3, 0.4) is 0 Å². The van der Waals surface area contributed by atoms with E-state index in [0.29, 0.717) is 17.8 Å². The summed E-state index contributed by atoms with van der Waals surface area (Å²) in [6.45, 7) is 1.85. The Morgan fingerprint density at radius 2 is 1.77 bits per heavy atom. The summed E-state index contributed by atoms with van der Waals surface area (Å²) in [5.41, 5.74) is -3.85. The minimum atomic E-state index is -2.64. The fraction of sp³-hybridized carbons (Fsp3) is 0.353. The van der Waals surface area contributed by atoms with Gasteiger partial charge in [-0.3, -0.25) is 4.79 Å². The van der Waals surface area contributed by atoms with Crippen molar-refractivity contribution in [2.45, 2.75) is 31.5 Å². The van der Waals surface area contributed by atoms with Gasteiger partial charge in [-0.15, -0.1) is 0 Å². The lowest BCUT2D eigenvalue weighted by atomic mass is 9.85. The van der Waals surface area contributed by atoms with Crippen molar-refractivity contribution >= 4 is 11.9 Å². The first-order chi connectivity index (χ1) is 12.1. The first-order valence-corrected chi connectivity index (χ1v) is 7.82. The van der Waals surface area contributed by atoms with Crippen LogP contribution >= 0.6 is 0 Å². The molecule has 2 rings (SSSR count). The molecule has 1 heterocycles. The van der Waals surface area contributed by atoms with E-state index in [9.17, 15) is 24.2 Å². The van der Waals surface area contributed by atoms with Crippen molar-refractivity contribution in [2.75, 3.05) is 6.54 Å². The molecule has 2 unspecified atom stereocenters. The molecule has 2 atom stereocenters. The SMILES string of the molecule is CC(O)(C(=O)O)C(C)(O)C(=O)NCCc1ccn(-c2ccc(F)cc2)n1. The van der Waals surface area contributed by atoms with Gasteiger partial charge in [-0.2, -0.15) is 5.10 Å². The van der Waals surface area contributed by atoms with Crippen LogP contribution in [0.2, 0.25) is 0 Å². The van der Waals surface area contributed by atoms with Crippen LogP contribution in [0, 0.1) is 5.82 Å². The Morgan fingerprint density at radius 3 is 2.35 bits per heavy atom. The van der Waals surface area contributed by atoms with E-state index in [1.807, 2.05) is 0 Å². The van der Waals surface area contributed by atoms with Gasteiger partial charge in [0.25, 0.3) is 5.91 Å². The second kappa shape index (κ2) is 7.22. The molecule has 8 nitrogen and oxygen atoms in total. The minimum Gasteiger partial charge on any atom is -0.479 e. The summed E-state index contributed by atoms with van der Waals surface area (Å²) in [6.07, 6.45) is 1.99. The third-order valence-corrected chi connectivity index (χ3v) is 4.21. The number of carbonyl (C=O) groups is 2. The second-order valence-electron chi connectivity index (χ2n) is 6.18. The summed E-state index contributed by atoms with van der Waals surface area (Å²) in [7, 11) is 0. The van der Waals surface area contributed by atoms with Crippen molar-refractivity contribution in [2.24, 2.45) is 0 Å². The summed E-state index contributed by atoms with van der Waals surface area (Å²) < 4.78 is 14.5. The standard InChI is InChI=1S/C17H20FN3O5/c1-16(25,17(2,26)15(23)24)14(22)19-9-7-12-8-10-21(20-12)13-5-3-11(18)4-6-13/h3-6,8,10,25-26H,7,9H2,1-2H3,(H,19,22)(H,23,24). The molecule has 1 amide bonds. The maximum absolute atomic E-state index is 12.9. The molecule has 0 aliphatic carbocycles. The third kappa shape index (κ3) is 3.89. The molecule has 0 aliphatic rings. The predicted molar refractivity (Wildman–Crippen MR) is 89.1 cm³/mol. The molecule has 0 saturated heterocycles. The van der Waals surface area contributed by atoms with E-state index in [1.165, 1.54) is 12.1 Å². The average molecular weight is 365 g/mol. The van der Waals surface area contributed by atoms with Crippen LogP contribution in [0.15, 0.2) is 36.5 Å². The van der Waals surface area contributed by atoms with Crippen LogP contribution in [0.1, 0.15) is 19.5 Å². The van der Waals surface area contributed by atoms with Crippen LogP contribution < -0.4 is 5.32 Å². The number of aromatic nitrogens is 2. The van der Waals surface area contributed by atoms with Crippen LogP contribution in [0.4, 0.5) is 4.39 Å². The number of aliphatic hydroxyl groups is 2. The largest absolute Gasteiger partial charge is 0.479 e. The summed E-state index contributed by atoms with van der Waals surface area (Å²) in [6, 6.07) is 7.47. The zero-order chi connectivity index (χ0) is 19.5. The monoisotopic (exact) mass is 365 g/mol. The maximum Gasteiger partial charge on any atom is 0.339 e. The van der Waals surface area contributed by atoms with E-state index in [2.05, 4.69) is 10.4 Å². The molecule has 9 heteroatoms. The molecule has 1 aromatic carbocycles. The molecule has 26 heavy (non-hydrogen) atoms. The molecule has 0 radical (unpaired) electrons. The number of nitrogens with one attached hydrogen (secondary N) is 1. The fourth-order valence-corrected chi connectivity index (χ4v) is 2.14. The summed E-state index contributed by atoms with van der Waals surface area (Å²) in [5.74, 6) is -3.08. The maximum atomic E-state index is 12.9. The number of benzene rings is 1. The van der Waals surface area contributed by atoms with Crippen molar-refractivity contribution in [3.63, 3.8) is 0 Å². The normalized spacial score (nSPS) is 15.7. The molecule has 1 aromatic heterocycles. The van der Waals surface area contributed by atoms with Crippen molar-refractivity contribution in [1.29, 1.82) is 0 Å². The van der Waals surface area contributed by atoms with E-state index >= 15 is 0 Å². The van der Waals surface area contributed by atoms with Crippen LogP contribution in [0.25, 0.3) is 5.69 Å². The summed E-state index contributed by atoms with van der Waals surface area (Å²) >= 11 is 0. The molecule has 4 N–H and O–H groups in total. The van der Waals surface area contributed by atoms with E-state index in [1.54, 1.807) is 29.1 Å². The minimum absolute atomic E-state index is 0.0745. The van der Waals surface area contributed by atoms with Crippen LogP contribution in [0.5, 0.6) is 0 Å². The van der Waals surface area contributed by atoms with Gasteiger partial charge in [-0.25, -0.2) is 13.9 Å². The number of carbonyl (C=O) groups excluding carboxylic acids is 1. The van der Waals surface area contributed by atoms with Crippen molar-refractivity contribution in [3.05, 3.63) is 48.0 Å². The molecule has 0 fully saturated rings. The number of carboxylic acid groups (broad SMARTS) is 1. The topological polar surface area (TPSA) is 125 Å². The first-order valence-electron chi connectivity index (χ1n) is 7.82. The molecule has 0 spiro atoms. The highest BCUT2D eigenvalue weighted by Gasteiger charge is 2.53. The highest BCUT2D eigenvalue weighted by atomic mass is 19.1. The van der Waals surface area contributed by atoms with Gasteiger partial charge in [0.2, 0.25) is 0 Å². The molecule has 0 bridgehead atoms. The van der Waals surface area contributed by atoms with Gasteiger partial charge in [0.1, 0.15) is 5.82 Å². The zero-order valence-corrected chi connectivity index (χ0v) is 14.3. The van der Waals surface area contributed by atoms with Crippen LogP contribution in [-0.2, 0) is 16.0 Å². The number of nitrogens with zero attached hydrogens (tertiary/aromatic N) is 2. The quantitative estimate of drug-likeness (QED) is 0.558. The Kier molecular flexibility index (Phi) is 5.43. The van der Waals surface area contributed by atoms with E-state index in [4.69, 9.17) is 5.11 Å². The highest BCUT2D eigenvalue weighted by Crippen LogP contribution is 2.22. The Balaban J connectivity index is 1.95. The van der Waals surface area contributed by atoms with Gasteiger partial charge in [-0.1, -0.05) is 0 Å². The number of halogens is 1. The van der Waals surface area contributed by atoms with E-state index in [0.717, 1.165) is 13.8 Å². The number of hydrogen-bond donors (Lipinski definition) is 4. The Bertz CT molecular complexity index is 799. The van der Waals surface area contributed by atoms with Gasteiger partial charge in [-0.05, 0) is 44.2 Å². The lowest BCUT2D eigenvalue weighted by Gasteiger charge is -2.33. The molecule has 2 aromatic rings. The first kappa shape index (κ1) is 19.5. The lowest BCUT2D eigenvalue weighted by Crippen LogP contribution is -2.63. The lowest BCUT2D eigenvalue weighted by molar-refractivity contribution is -0.190. The van der Waals surface area contributed by atoms with Gasteiger partial charge in [0.15, 0.2) is 11.2 Å². The molecular weight excluding hydrogens is 345 g/mol. The summed E-state index contributed by atoms with van der Waals surface area (Å²) in [5, 5.41) is 35.5. The predicted octanol–water partition coefficient (Wildman–Crippen LogP) is 0.257. The van der Waals surface area contributed by atoms with Gasteiger partial charge < -0.3 is 20.6 Å². The van der Waals surface area contributed by atoms with Crippen molar-refractivity contribution < 1.29 is 29.3 Å². The molecule has 0 saturated carbocycles. The molecular formula is C17H20FN3O5. The van der Waals surface area contributed by atoms with Crippen molar-refractivity contribution in [1.82, 2.24) is 15.1 Å². The number of rotatable bonds is 7. The number of hydrogen-bond acceptors (Lipinski definition) is 5. The fourth-order valence-electron chi connectivity index (χ4n) is 2.14. The Morgan fingerprint density at radius 1 is 1.15 bits per heavy atom. The zero-order valence-electron chi connectivity index (χ0n) is 14.3. The Labute approximate surface area is 148 Å². The van der Waals surface area contributed by atoms with Gasteiger partial charge in [0, 0.05) is 19.2 Å². The Hall–Kier alpha value is -2.78. The van der Waals surface area contributed by atoms with E-state index < -0.39 is 23.1 Å². The van der Waals surface area contributed by atoms with Gasteiger partial charge in [0.05, 0.1) is 11.4 Å². The van der Waals surface area contributed by atoms with Gasteiger partial charge >= 0.3 is 5.97 Å². The number of aliphatic carboxylic acids is 1. The third-order valence-electron chi connectivity index (χ3n) is 4.21. The highest BCUT2D eigenvalue weighted by molar-refractivity contribution is 5.93. The smallest absolute Gasteiger partial charge is 0.339 e. The number of amides is 1. The van der Waals surface area contributed by atoms with Crippen molar-refractivity contribution in [3.8, 4) is 5.69 Å². The summed E-state index contributed by atoms with van der Waals surface area (Å²) in [4.78, 5) is 23.0. The van der Waals surface area contributed by atoms with E-state index in [-0.39, 0.29) is 12.4 Å². The second-order valence-corrected chi connectivity index (χ2v) is 6.18. The molecule has 140 valence electrons.